The van der Waals surface area contributed by atoms with E-state index in [1.54, 1.807) is 18.2 Å². The van der Waals surface area contributed by atoms with Crippen molar-refractivity contribution in [3.63, 3.8) is 0 Å². The Labute approximate surface area is 143 Å². The number of non-ortho nitro benzene ring substituents is 1. The van der Waals surface area contributed by atoms with E-state index in [-0.39, 0.29) is 11.6 Å². The SMILES string of the molecule is CCCC(=O)Nc1cc2nn(-c3cccc([N+](=O)[O-])c3)nc2cc1C. The molecule has 0 bridgehead atoms. The lowest BCUT2D eigenvalue weighted by molar-refractivity contribution is -0.384. The molecule has 1 heterocycles. The second kappa shape index (κ2) is 6.68. The molecule has 8 heteroatoms. The summed E-state index contributed by atoms with van der Waals surface area (Å²) in [7, 11) is 0. The van der Waals surface area contributed by atoms with Crippen molar-refractivity contribution in [2.75, 3.05) is 5.32 Å². The Kier molecular flexibility index (Phi) is 4.42. The minimum Gasteiger partial charge on any atom is -0.326 e. The molecule has 0 unspecified atom stereocenters. The minimum absolute atomic E-state index is 0.0254. The van der Waals surface area contributed by atoms with Crippen molar-refractivity contribution < 1.29 is 9.72 Å². The minimum atomic E-state index is -0.460. The summed E-state index contributed by atoms with van der Waals surface area (Å²) in [6, 6.07) is 9.70. The highest BCUT2D eigenvalue weighted by atomic mass is 16.6. The second-order valence-electron chi connectivity index (χ2n) is 5.72. The smallest absolute Gasteiger partial charge is 0.271 e. The molecular weight excluding hydrogens is 322 g/mol. The van der Waals surface area contributed by atoms with Crippen LogP contribution in [0, 0.1) is 17.0 Å². The Balaban J connectivity index is 1.98. The van der Waals surface area contributed by atoms with E-state index in [2.05, 4.69) is 15.5 Å². The van der Waals surface area contributed by atoms with Crippen molar-refractivity contribution in [3.05, 3.63) is 52.1 Å². The number of nitro benzene ring substituents is 1. The Morgan fingerprint density at radius 1 is 1.24 bits per heavy atom. The average molecular weight is 339 g/mol. The van der Waals surface area contributed by atoms with Gasteiger partial charge in [-0.1, -0.05) is 13.0 Å². The van der Waals surface area contributed by atoms with Gasteiger partial charge in [0, 0.05) is 24.2 Å². The Morgan fingerprint density at radius 2 is 1.96 bits per heavy atom. The Bertz CT molecular complexity index is 964. The molecule has 0 saturated carbocycles. The lowest BCUT2D eigenvalue weighted by atomic mass is 10.1. The molecular formula is C17H17N5O3. The third kappa shape index (κ3) is 3.47. The zero-order valence-corrected chi connectivity index (χ0v) is 13.9. The first-order valence-electron chi connectivity index (χ1n) is 7.90. The van der Waals surface area contributed by atoms with Crippen LogP contribution in [-0.4, -0.2) is 25.8 Å². The zero-order chi connectivity index (χ0) is 18.0. The molecule has 0 atom stereocenters. The summed E-state index contributed by atoms with van der Waals surface area (Å²) in [6.45, 7) is 3.83. The van der Waals surface area contributed by atoms with Crippen LogP contribution in [0.2, 0.25) is 0 Å². The van der Waals surface area contributed by atoms with Crippen LogP contribution in [0.25, 0.3) is 16.7 Å². The number of rotatable bonds is 5. The third-order valence-corrected chi connectivity index (χ3v) is 3.75. The molecule has 0 aliphatic heterocycles. The summed E-state index contributed by atoms with van der Waals surface area (Å²) in [6.07, 6.45) is 1.23. The molecule has 0 aliphatic carbocycles. The van der Waals surface area contributed by atoms with E-state index in [1.165, 1.54) is 16.9 Å². The number of nitrogens with zero attached hydrogens (tertiary/aromatic N) is 4. The number of aryl methyl sites for hydroxylation is 1. The van der Waals surface area contributed by atoms with Crippen LogP contribution in [0.1, 0.15) is 25.3 Å². The Hall–Kier alpha value is -3.29. The first-order valence-corrected chi connectivity index (χ1v) is 7.90. The lowest BCUT2D eigenvalue weighted by Crippen LogP contribution is -2.11. The largest absolute Gasteiger partial charge is 0.326 e. The van der Waals surface area contributed by atoms with Gasteiger partial charge in [0.15, 0.2) is 0 Å². The normalized spacial score (nSPS) is 10.8. The first-order chi connectivity index (χ1) is 12.0. The van der Waals surface area contributed by atoms with Gasteiger partial charge in [0.05, 0.1) is 10.6 Å². The van der Waals surface area contributed by atoms with Crippen molar-refractivity contribution in [2.24, 2.45) is 0 Å². The monoisotopic (exact) mass is 339 g/mol. The second-order valence-corrected chi connectivity index (χ2v) is 5.72. The fraction of sp³-hybridized carbons (Fsp3) is 0.235. The molecule has 2 aromatic carbocycles. The van der Waals surface area contributed by atoms with Gasteiger partial charge in [-0.05, 0) is 37.1 Å². The van der Waals surface area contributed by atoms with Crippen molar-refractivity contribution >= 4 is 28.3 Å². The third-order valence-electron chi connectivity index (χ3n) is 3.75. The first kappa shape index (κ1) is 16.6. The maximum atomic E-state index is 11.8. The van der Waals surface area contributed by atoms with Crippen LogP contribution >= 0.6 is 0 Å². The van der Waals surface area contributed by atoms with Gasteiger partial charge in [0.1, 0.15) is 11.0 Å². The molecule has 0 fully saturated rings. The number of amides is 1. The molecule has 0 saturated heterocycles. The highest BCUT2D eigenvalue weighted by molar-refractivity contribution is 5.94. The molecule has 0 radical (unpaired) electrons. The summed E-state index contributed by atoms with van der Waals surface area (Å²) in [5, 5.41) is 22.5. The number of anilines is 1. The summed E-state index contributed by atoms with van der Waals surface area (Å²) in [4.78, 5) is 23.6. The number of hydrogen-bond donors (Lipinski definition) is 1. The highest BCUT2D eigenvalue weighted by Gasteiger charge is 2.12. The molecule has 3 rings (SSSR count). The molecule has 8 nitrogen and oxygen atoms in total. The summed E-state index contributed by atoms with van der Waals surface area (Å²) in [5.41, 5.74) is 3.30. The maximum absolute atomic E-state index is 11.8. The number of hydrogen-bond acceptors (Lipinski definition) is 5. The average Bonchev–Trinajstić information content (AvgIpc) is 2.98. The van der Waals surface area contributed by atoms with E-state index in [4.69, 9.17) is 0 Å². The number of aromatic nitrogens is 3. The predicted octanol–water partition coefficient (Wildman–Crippen LogP) is 3.38. The summed E-state index contributed by atoms with van der Waals surface area (Å²) >= 11 is 0. The number of carbonyl (C=O) groups excluding carboxylic acids is 1. The van der Waals surface area contributed by atoms with E-state index in [1.807, 2.05) is 19.9 Å². The highest BCUT2D eigenvalue weighted by Crippen LogP contribution is 2.23. The van der Waals surface area contributed by atoms with Gasteiger partial charge >= 0.3 is 0 Å². The number of nitrogens with one attached hydrogen (secondary N) is 1. The molecule has 3 aromatic rings. The number of fused-ring (bicyclic) bond motifs is 1. The molecule has 1 N–H and O–H groups in total. The van der Waals surface area contributed by atoms with E-state index in [0.717, 1.165) is 12.0 Å². The van der Waals surface area contributed by atoms with Crippen LogP contribution in [0.15, 0.2) is 36.4 Å². The number of nitro groups is 1. The van der Waals surface area contributed by atoms with Crippen molar-refractivity contribution in [1.82, 2.24) is 15.0 Å². The van der Waals surface area contributed by atoms with Gasteiger partial charge in [-0.15, -0.1) is 10.2 Å². The quantitative estimate of drug-likeness (QED) is 0.567. The number of benzene rings is 2. The van der Waals surface area contributed by atoms with E-state index < -0.39 is 4.92 Å². The summed E-state index contributed by atoms with van der Waals surface area (Å²) < 4.78 is 0. The van der Waals surface area contributed by atoms with Crippen LogP contribution in [-0.2, 0) is 4.79 Å². The topological polar surface area (TPSA) is 103 Å². The molecule has 1 aromatic heterocycles. The van der Waals surface area contributed by atoms with Crippen molar-refractivity contribution in [3.8, 4) is 5.69 Å². The summed E-state index contributed by atoms with van der Waals surface area (Å²) in [5.74, 6) is -0.0453. The fourth-order valence-electron chi connectivity index (χ4n) is 2.49. The zero-order valence-electron chi connectivity index (χ0n) is 13.9. The van der Waals surface area contributed by atoms with Gasteiger partial charge in [-0.25, -0.2) is 0 Å². The molecule has 128 valence electrons. The van der Waals surface area contributed by atoms with E-state index in [9.17, 15) is 14.9 Å². The fourth-order valence-corrected chi connectivity index (χ4v) is 2.49. The van der Waals surface area contributed by atoms with Crippen LogP contribution < -0.4 is 5.32 Å². The van der Waals surface area contributed by atoms with Gasteiger partial charge < -0.3 is 5.32 Å². The van der Waals surface area contributed by atoms with Gasteiger partial charge in [-0.2, -0.15) is 4.80 Å². The van der Waals surface area contributed by atoms with Gasteiger partial charge in [-0.3, -0.25) is 14.9 Å². The molecule has 0 aliphatic rings. The molecule has 1 amide bonds. The molecule has 25 heavy (non-hydrogen) atoms. The van der Waals surface area contributed by atoms with Gasteiger partial charge in [0.25, 0.3) is 5.69 Å². The Morgan fingerprint density at radius 3 is 2.64 bits per heavy atom. The maximum Gasteiger partial charge on any atom is 0.271 e. The van der Waals surface area contributed by atoms with Crippen LogP contribution in [0.3, 0.4) is 0 Å². The standard InChI is InChI=1S/C17H17N5O3/c1-3-5-17(23)18-14-10-16-15(8-11(14)2)19-21(20-16)12-6-4-7-13(9-12)22(24)25/h4,6-10H,3,5H2,1-2H3,(H,18,23). The lowest BCUT2D eigenvalue weighted by Gasteiger charge is -2.07. The number of carbonyl (C=O) groups is 1. The van der Waals surface area contributed by atoms with Crippen LogP contribution in [0.4, 0.5) is 11.4 Å². The van der Waals surface area contributed by atoms with E-state index in [0.29, 0.717) is 28.8 Å². The van der Waals surface area contributed by atoms with Gasteiger partial charge in [0.2, 0.25) is 5.91 Å². The predicted molar refractivity (Wildman–Crippen MR) is 93.8 cm³/mol. The van der Waals surface area contributed by atoms with Crippen molar-refractivity contribution in [2.45, 2.75) is 26.7 Å². The van der Waals surface area contributed by atoms with Crippen molar-refractivity contribution in [1.29, 1.82) is 0 Å². The van der Waals surface area contributed by atoms with Crippen LogP contribution in [0.5, 0.6) is 0 Å². The molecule has 0 spiro atoms. The van der Waals surface area contributed by atoms with E-state index >= 15 is 0 Å².